The van der Waals surface area contributed by atoms with Crippen LogP contribution in [0.5, 0.6) is 0 Å². The normalized spacial score (nSPS) is 11.8. The predicted molar refractivity (Wildman–Crippen MR) is 335 cm³/mol. The van der Waals surface area contributed by atoms with Gasteiger partial charge in [0.2, 0.25) is 0 Å². The van der Waals surface area contributed by atoms with Crippen molar-refractivity contribution >= 4 is 49.4 Å². The van der Waals surface area contributed by atoms with Gasteiger partial charge in [-0.3, -0.25) is 0 Å². The minimum absolute atomic E-state index is 1.10. The van der Waals surface area contributed by atoms with Crippen LogP contribution in [0.3, 0.4) is 0 Å². The molecular weight excluding hydrogens is 951 g/mol. The van der Waals surface area contributed by atoms with Crippen LogP contribution in [0.2, 0.25) is 0 Å². The van der Waals surface area contributed by atoms with E-state index in [4.69, 9.17) is 0 Å². The minimum Gasteiger partial charge on any atom is -0.309 e. The molecule has 0 atom stereocenters. The van der Waals surface area contributed by atoms with E-state index in [9.17, 15) is 0 Å². The van der Waals surface area contributed by atoms with E-state index >= 15 is 0 Å². The lowest BCUT2D eigenvalue weighted by atomic mass is 9.76. The number of hydrogen-bond acceptors (Lipinski definition) is 1. The zero-order valence-corrected chi connectivity index (χ0v) is 43.2. The van der Waals surface area contributed by atoms with E-state index in [1.54, 1.807) is 0 Å². The van der Waals surface area contributed by atoms with Gasteiger partial charge in [0.1, 0.15) is 0 Å². The second-order valence-corrected chi connectivity index (χ2v) is 20.9. The fourth-order valence-corrected chi connectivity index (χ4v) is 13.6. The first-order chi connectivity index (χ1) is 39.3. The summed E-state index contributed by atoms with van der Waals surface area (Å²) >= 11 is 0. The molecule has 14 aromatic rings. The summed E-state index contributed by atoms with van der Waals surface area (Å²) in [6, 6.07) is 110. The van der Waals surface area contributed by atoms with E-state index in [0.29, 0.717) is 0 Å². The van der Waals surface area contributed by atoms with Gasteiger partial charge in [0.05, 0.1) is 11.4 Å². The Balaban J connectivity index is 0.997. The molecule has 16 rings (SSSR count). The predicted octanol–water partition coefficient (Wildman–Crippen LogP) is 21.9. The van der Waals surface area contributed by atoms with Gasteiger partial charge < -0.3 is 4.90 Å². The molecule has 14 aromatic carbocycles. The summed E-state index contributed by atoms with van der Waals surface area (Å²) in [5.41, 5.74) is 28.2. The molecule has 1 heteroatoms. The number of fused-ring (bicyclic) bond motifs is 7. The molecule has 79 heavy (non-hydrogen) atoms. The van der Waals surface area contributed by atoms with E-state index in [-0.39, 0.29) is 0 Å². The largest absolute Gasteiger partial charge is 0.309 e. The van der Waals surface area contributed by atoms with Crippen molar-refractivity contribution in [1.29, 1.82) is 0 Å². The lowest BCUT2D eigenvalue weighted by molar-refractivity contribution is 1.31. The van der Waals surface area contributed by atoms with E-state index in [0.717, 1.165) is 17.1 Å². The third-order valence-electron chi connectivity index (χ3n) is 16.7. The molecule has 0 saturated carbocycles. The molecule has 0 bridgehead atoms. The summed E-state index contributed by atoms with van der Waals surface area (Å²) < 4.78 is 0. The number of para-hydroxylation sites is 1. The fourth-order valence-electron chi connectivity index (χ4n) is 13.6. The number of benzene rings is 14. The van der Waals surface area contributed by atoms with Crippen LogP contribution in [0.15, 0.2) is 297 Å². The van der Waals surface area contributed by atoms with Crippen molar-refractivity contribution in [3.05, 3.63) is 297 Å². The van der Waals surface area contributed by atoms with E-state index in [2.05, 4.69) is 302 Å². The Morgan fingerprint density at radius 1 is 0.165 bits per heavy atom. The van der Waals surface area contributed by atoms with Crippen LogP contribution in [-0.2, 0) is 0 Å². The molecule has 0 aromatic heterocycles. The second-order valence-electron chi connectivity index (χ2n) is 20.9. The Bertz CT molecular complexity index is 4500. The Morgan fingerprint density at radius 3 is 0.759 bits per heavy atom. The topological polar surface area (TPSA) is 3.24 Å². The van der Waals surface area contributed by atoms with Gasteiger partial charge in [-0.05, 0) is 157 Å². The molecule has 0 unspecified atom stereocenters. The lowest BCUT2D eigenvalue weighted by Crippen LogP contribution is -2.11. The summed E-state index contributed by atoms with van der Waals surface area (Å²) in [6.07, 6.45) is 0. The van der Waals surface area contributed by atoms with Crippen LogP contribution in [0.4, 0.5) is 17.1 Å². The standard InChI is InChI=1S/C78H49N/c1-8-26-50(27-9-1)67-57-40-22-23-41-58(57)68(51-28-10-2-11-29-51)76-63-46-48-65(59-42-24-44-61(73(59)63)75(67)76)79(56-38-20-7-21-39-56)66-49-47-64-74-60(66)43-25-45-62(74)77-71(54-34-16-5-17-35-54)69(52-30-12-3-13-31-52)70(53-32-14-4-15-33-53)72(78(64)77)55-36-18-6-19-37-55/h1-49H. The van der Waals surface area contributed by atoms with Gasteiger partial charge in [-0.25, -0.2) is 0 Å². The smallest absolute Gasteiger partial charge is 0.0540 e. The van der Waals surface area contributed by atoms with Crippen molar-refractivity contribution in [1.82, 2.24) is 0 Å². The van der Waals surface area contributed by atoms with E-state index < -0.39 is 0 Å². The van der Waals surface area contributed by atoms with Crippen molar-refractivity contribution < 1.29 is 0 Å². The molecule has 366 valence electrons. The Morgan fingerprint density at radius 2 is 0.418 bits per heavy atom. The highest BCUT2D eigenvalue weighted by molar-refractivity contribution is 6.31. The van der Waals surface area contributed by atoms with Crippen LogP contribution in [0.25, 0.3) is 144 Å². The Hall–Kier alpha value is -10.3. The number of nitrogens with zero attached hydrogens (tertiary/aromatic N) is 1. The summed E-state index contributed by atoms with van der Waals surface area (Å²) in [6.45, 7) is 0. The highest BCUT2D eigenvalue weighted by Gasteiger charge is 2.36. The van der Waals surface area contributed by atoms with Gasteiger partial charge in [-0.15, -0.1) is 0 Å². The molecule has 0 radical (unpaired) electrons. The molecule has 0 heterocycles. The maximum Gasteiger partial charge on any atom is 0.0540 e. The summed E-state index contributed by atoms with van der Waals surface area (Å²) in [5, 5.41) is 7.47. The van der Waals surface area contributed by atoms with Crippen molar-refractivity contribution in [2.75, 3.05) is 4.90 Å². The van der Waals surface area contributed by atoms with Crippen LogP contribution < -0.4 is 4.90 Å². The van der Waals surface area contributed by atoms with Crippen molar-refractivity contribution in [3.8, 4) is 111 Å². The maximum atomic E-state index is 2.53. The van der Waals surface area contributed by atoms with Gasteiger partial charge in [-0.1, -0.05) is 273 Å². The molecule has 0 saturated heterocycles. The van der Waals surface area contributed by atoms with Gasteiger partial charge in [-0.2, -0.15) is 0 Å². The second kappa shape index (κ2) is 18.2. The summed E-state index contributed by atoms with van der Waals surface area (Å²) in [4.78, 5) is 2.53. The quantitative estimate of drug-likeness (QED) is 0.139. The van der Waals surface area contributed by atoms with Gasteiger partial charge >= 0.3 is 0 Å². The van der Waals surface area contributed by atoms with Gasteiger partial charge in [0.15, 0.2) is 0 Å². The SMILES string of the molecule is c1ccc(-c2c(-c3ccccc3)c(-c3ccccc3)c3c(c2-c2ccccc2)-c2cccc4c(N(c5ccccc5)c5ccc6c7c(cccc57)-c5c-6c(-c6ccccc6)c6ccccc6c5-c5ccccc5)ccc-3c24)cc1. The molecule has 2 aliphatic rings. The lowest BCUT2D eigenvalue weighted by Gasteiger charge is -2.29. The zero-order valence-electron chi connectivity index (χ0n) is 43.2. The first-order valence-electron chi connectivity index (χ1n) is 27.4. The third kappa shape index (κ3) is 6.83. The van der Waals surface area contributed by atoms with Gasteiger partial charge in [0.25, 0.3) is 0 Å². The first-order valence-corrected chi connectivity index (χ1v) is 27.4. The Labute approximate surface area is 460 Å². The number of hydrogen-bond donors (Lipinski definition) is 0. The average molecular weight is 1000 g/mol. The highest BCUT2D eigenvalue weighted by Crippen LogP contribution is 2.63. The minimum atomic E-state index is 1.10. The van der Waals surface area contributed by atoms with Crippen molar-refractivity contribution in [2.45, 2.75) is 0 Å². The van der Waals surface area contributed by atoms with Gasteiger partial charge in [0, 0.05) is 16.5 Å². The van der Waals surface area contributed by atoms with Crippen molar-refractivity contribution in [2.24, 2.45) is 0 Å². The zero-order chi connectivity index (χ0) is 52.0. The molecular formula is C78H49N. The van der Waals surface area contributed by atoms with Crippen molar-refractivity contribution in [3.63, 3.8) is 0 Å². The third-order valence-corrected chi connectivity index (χ3v) is 16.7. The molecule has 0 fully saturated rings. The highest BCUT2D eigenvalue weighted by atomic mass is 15.1. The molecule has 1 nitrogen and oxygen atoms in total. The fraction of sp³-hybridized carbons (Fsp3) is 0. The summed E-state index contributed by atoms with van der Waals surface area (Å²) in [7, 11) is 0. The molecule has 0 N–H and O–H groups in total. The van der Waals surface area contributed by atoms with E-state index in [1.165, 1.54) is 144 Å². The van der Waals surface area contributed by atoms with Crippen LogP contribution >= 0.6 is 0 Å². The molecule has 2 aliphatic carbocycles. The number of rotatable bonds is 9. The average Bonchev–Trinajstić information content (AvgIpc) is 4.16. The molecule has 0 spiro atoms. The monoisotopic (exact) mass is 999 g/mol. The first kappa shape index (κ1) is 44.9. The summed E-state index contributed by atoms with van der Waals surface area (Å²) in [5.74, 6) is 0. The van der Waals surface area contributed by atoms with Crippen LogP contribution in [-0.4, -0.2) is 0 Å². The molecule has 0 amide bonds. The molecule has 0 aliphatic heterocycles. The number of anilines is 3. The van der Waals surface area contributed by atoms with Crippen LogP contribution in [0, 0.1) is 0 Å². The Kier molecular flexibility index (Phi) is 10.3. The maximum absolute atomic E-state index is 2.53. The van der Waals surface area contributed by atoms with Crippen LogP contribution in [0.1, 0.15) is 0 Å². The van der Waals surface area contributed by atoms with E-state index in [1.807, 2.05) is 0 Å².